The van der Waals surface area contributed by atoms with E-state index in [0.29, 0.717) is 31.8 Å². The molecule has 9 nitrogen and oxygen atoms in total. The van der Waals surface area contributed by atoms with Crippen molar-refractivity contribution < 1.29 is 33.4 Å². The zero-order valence-electron chi connectivity index (χ0n) is 21.1. The molecular weight excluding hydrogens is 472 g/mol. The third kappa shape index (κ3) is 8.85. The van der Waals surface area contributed by atoms with Gasteiger partial charge in [-0.2, -0.15) is 0 Å². The number of ether oxygens (including phenoxy) is 3. The van der Waals surface area contributed by atoms with E-state index < -0.39 is 28.7 Å². The monoisotopic (exact) mass is 508 g/mol. The van der Waals surface area contributed by atoms with Crippen molar-refractivity contribution >= 4 is 34.7 Å². The Morgan fingerprint density at radius 3 is 2.31 bits per heavy atom. The average Bonchev–Trinajstić information content (AvgIpc) is 2.82. The van der Waals surface area contributed by atoms with Gasteiger partial charge in [0, 0.05) is 26.6 Å². The SMILES string of the molecule is CCOC(=O)[C@H](Cc1ccc(OC)cc1)NC(=O)C(C)(C)NC(=O)[C@@H](SC(C)=O)C1CCOCC1. The van der Waals surface area contributed by atoms with Crippen LogP contribution < -0.4 is 15.4 Å². The Hall–Kier alpha value is -2.59. The van der Waals surface area contributed by atoms with Gasteiger partial charge in [0.25, 0.3) is 0 Å². The highest BCUT2D eigenvalue weighted by molar-refractivity contribution is 8.14. The van der Waals surface area contributed by atoms with Crippen molar-refractivity contribution in [2.45, 2.75) is 63.8 Å². The van der Waals surface area contributed by atoms with Crippen LogP contribution >= 0.6 is 11.8 Å². The number of hydrogen-bond acceptors (Lipinski definition) is 8. The van der Waals surface area contributed by atoms with E-state index in [0.717, 1.165) is 17.3 Å². The highest BCUT2D eigenvalue weighted by Gasteiger charge is 2.38. The second-order valence-electron chi connectivity index (χ2n) is 8.92. The first kappa shape index (κ1) is 28.6. The number of carbonyl (C=O) groups is 4. The van der Waals surface area contributed by atoms with Crippen LogP contribution in [0, 0.1) is 5.92 Å². The molecule has 0 spiro atoms. The molecule has 35 heavy (non-hydrogen) atoms. The van der Waals surface area contributed by atoms with Crippen LogP contribution in [-0.4, -0.2) is 66.7 Å². The molecule has 194 valence electrons. The Kier molecular flexibility index (Phi) is 11.0. The van der Waals surface area contributed by atoms with Gasteiger partial charge in [-0.3, -0.25) is 14.4 Å². The molecule has 1 aliphatic rings. The molecule has 2 rings (SSSR count). The van der Waals surface area contributed by atoms with E-state index in [1.807, 2.05) is 12.1 Å². The van der Waals surface area contributed by atoms with E-state index in [4.69, 9.17) is 14.2 Å². The zero-order valence-corrected chi connectivity index (χ0v) is 21.9. The quantitative estimate of drug-likeness (QED) is 0.437. The standard InChI is InChI=1S/C25H36N2O7S/c1-6-34-23(30)20(15-17-7-9-19(32-5)10-8-17)26-24(31)25(3,4)27-22(29)21(35-16(2)28)18-11-13-33-14-12-18/h7-10,18,20-21H,6,11-15H2,1-5H3,(H,26,31)(H,27,29)/t20-,21-/m0/s1. The molecule has 1 aromatic rings. The third-order valence-corrected chi connectivity index (χ3v) is 6.91. The number of esters is 1. The van der Waals surface area contributed by atoms with Crippen LogP contribution in [0.25, 0.3) is 0 Å². The normalized spacial score (nSPS) is 16.0. The van der Waals surface area contributed by atoms with Gasteiger partial charge in [0.15, 0.2) is 5.12 Å². The van der Waals surface area contributed by atoms with Crippen LogP contribution in [0.4, 0.5) is 0 Å². The Morgan fingerprint density at radius 1 is 1.14 bits per heavy atom. The predicted octanol–water partition coefficient (Wildman–Crippen LogP) is 2.26. The van der Waals surface area contributed by atoms with Crippen LogP contribution in [0.15, 0.2) is 24.3 Å². The molecule has 1 saturated heterocycles. The first-order valence-corrected chi connectivity index (χ1v) is 12.6. The molecule has 2 N–H and O–H groups in total. The van der Waals surface area contributed by atoms with Gasteiger partial charge < -0.3 is 24.8 Å². The van der Waals surface area contributed by atoms with Crippen LogP contribution in [0.2, 0.25) is 0 Å². The van der Waals surface area contributed by atoms with Crippen LogP contribution in [0.1, 0.15) is 46.1 Å². The number of amides is 2. The number of benzene rings is 1. The van der Waals surface area contributed by atoms with Crippen molar-refractivity contribution in [1.29, 1.82) is 0 Å². The van der Waals surface area contributed by atoms with E-state index in [-0.39, 0.29) is 30.0 Å². The molecule has 1 aliphatic heterocycles. The molecule has 0 aliphatic carbocycles. The summed E-state index contributed by atoms with van der Waals surface area (Å²) >= 11 is 0.974. The van der Waals surface area contributed by atoms with E-state index >= 15 is 0 Å². The summed E-state index contributed by atoms with van der Waals surface area (Å²) < 4.78 is 15.7. The number of thioether (sulfide) groups is 1. The van der Waals surface area contributed by atoms with E-state index in [2.05, 4.69) is 10.6 Å². The van der Waals surface area contributed by atoms with Crippen LogP contribution in [0.3, 0.4) is 0 Å². The number of nitrogens with one attached hydrogen (secondary N) is 2. The van der Waals surface area contributed by atoms with Crippen molar-refractivity contribution in [3.8, 4) is 5.75 Å². The van der Waals surface area contributed by atoms with Gasteiger partial charge in [0.1, 0.15) is 17.3 Å². The van der Waals surface area contributed by atoms with E-state index in [1.54, 1.807) is 40.0 Å². The van der Waals surface area contributed by atoms with Gasteiger partial charge >= 0.3 is 5.97 Å². The molecule has 1 heterocycles. The fourth-order valence-corrected chi connectivity index (χ4v) is 4.76. The summed E-state index contributed by atoms with van der Waals surface area (Å²) in [5.74, 6) is -0.835. The van der Waals surface area contributed by atoms with Gasteiger partial charge in [0.2, 0.25) is 11.8 Å². The minimum absolute atomic E-state index is 0.0288. The summed E-state index contributed by atoms with van der Waals surface area (Å²) in [6.45, 7) is 7.48. The largest absolute Gasteiger partial charge is 0.497 e. The van der Waals surface area contributed by atoms with Crippen molar-refractivity contribution in [1.82, 2.24) is 10.6 Å². The van der Waals surface area contributed by atoms with Crippen LogP contribution in [-0.2, 0) is 35.1 Å². The molecule has 0 unspecified atom stereocenters. The predicted molar refractivity (Wildman–Crippen MR) is 133 cm³/mol. The first-order chi connectivity index (χ1) is 16.6. The van der Waals surface area contributed by atoms with Crippen molar-refractivity contribution in [3.05, 3.63) is 29.8 Å². The maximum absolute atomic E-state index is 13.2. The van der Waals surface area contributed by atoms with Crippen molar-refractivity contribution in [2.24, 2.45) is 5.92 Å². The number of hydrogen-bond donors (Lipinski definition) is 2. The molecular formula is C25H36N2O7S. The Bertz CT molecular complexity index is 882. The number of rotatable bonds is 11. The summed E-state index contributed by atoms with van der Waals surface area (Å²) in [5.41, 5.74) is -0.522. The molecule has 2 amide bonds. The molecule has 2 atom stereocenters. The van der Waals surface area contributed by atoms with E-state index in [9.17, 15) is 19.2 Å². The zero-order chi connectivity index (χ0) is 26.0. The molecule has 1 fully saturated rings. The van der Waals surface area contributed by atoms with Crippen molar-refractivity contribution in [3.63, 3.8) is 0 Å². The Labute approximate surface area is 211 Å². The lowest BCUT2D eigenvalue weighted by Gasteiger charge is -2.32. The van der Waals surface area contributed by atoms with Gasteiger partial charge in [-0.15, -0.1) is 0 Å². The van der Waals surface area contributed by atoms with Crippen molar-refractivity contribution in [2.75, 3.05) is 26.9 Å². The molecule has 0 saturated carbocycles. The van der Waals surface area contributed by atoms with Crippen LogP contribution in [0.5, 0.6) is 5.75 Å². The summed E-state index contributed by atoms with van der Waals surface area (Å²) in [6, 6.07) is 6.22. The smallest absolute Gasteiger partial charge is 0.328 e. The van der Waals surface area contributed by atoms with Gasteiger partial charge in [-0.25, -0.2) is 4.79 Å². The highest BCUT2D eigenvalue weighted by Crippen LogP contribution is 2.29. The minimum atomic E-state index is -1.33. The second-order valence-corrected chi connectivity index (χ2v) is 10.2. The Balaban J connectivity index is 2.12. The molecule has 0 bridgehead atoms. The topological polar surface area (TPSA) is 120 Å². The summed E-state index contributed by atoms with van der Waals surface area (Å²) in [6.07, 6.45) is 1.54. The first-order valence-electron chi connectivity index (χ1n) is 11.7. The fraction of sp³-hybridized carbons (Fsp3) is 0.600. The summed E-state index contributed by atoms with van der Waals surface area (Å²) in [5, 5.41) is 4.72. The number of carbonyl (C=O) groups excluding carboxylic acids is 4. The lowest BCUT2D eigenvalue weighted by atomic mass is 9.94. The minimum Gasteiger partial charge on any atom is -0.497 e. The second kappa shape index (κ2) is 13.5. The average molecular weight is 509 g/mol. The van der Waals surface area contributed by atoms with E-state index in [1.165, 1.54) is 6.92 Å². The maximum atomic E-state index is 13.2. The molecule has 0 aromatic heterocycles. The van der Waals surface area contributed by atoms with Gasteiger partial charge in [0.05, 0.1) is 19.0 Å². The lowest BCUT2D eigenvalue weighted by Crippen LogP contribution is -2.60. The molecule has 0 radical (unpaired) electrons. The summed E-state index contributed by atoms with van der Waals surface area (Å²) in [4.78, 5) is 50.7. The fourth-order valence-electron chi connectivity index (χ4n) is 3.77. The highest BCUT2D eigenvalue weighted by atomic mass is 32.2. The number of methoxy groups -OCH3 is 1. The maximum Gasteiger partial charge on any atom is 0.328 e. The molecule has 10 heteroatoms. The van der Waals surface area contributed by atoms with Gasteiger partial charge in [-0.1, -0.05) is 23.9 Å². The molecule has 1 aromatic carbocycles. The Morgan fingerprint density at radius 2 is 1.77 bits per heavy atom. The lowest BCUT2D eigenvalue weighted by molar-refractivity contribution is -0.148. The summed E-state index contributed by atoms with van der Waals surface area (Å²) in [7, 11) is 1.56. The third-order valence-electron chi connectivity index (χ3n) is 5.72. The van der Waals surface area contributed by atoms with Gasteiger partial charge in [-0.05, 0) is 57.2 Å².